The molecule has 102 valence electrons. The van der Waals surface area contributed by atoms with Crippen molar-refractivity contribution >= 4 is 10.8 Å². The number of rotatable bonds is 4. The Morgan fingerprint density at radius 1 is 1.44 bits per heavy atom. The van der Waals surface area contributed by atoms with Crippen LogP contribution in [0.2, 0.25) is 0 Å². The van der Waals surface area contributed by atoms with Crippen molar-refractivity contribution in [2.24, 2.45) is 5.73 Å². The first-order chi connectivity index (χ1) is 8.61. The van der Waals surface area contributed by atoms with E-state index in [1.807, 2.05) is 19.1 Å². The first-order valence-electron chi connectivity index (χ1n) is 6.52. The Balaban J connectivity index is 2.17. The average Bonchev–Trinajstić information content (AvgIpc) is 2.78. The lowest BCUT2D eigenvalue weighted by atomic mass is 10.0. The van der Waals surface area contributed by atoms with Gasteiger partial charge >= 0.3 is 0 Å². The van der Waals surface area contributed by atoms with Crippen LogP contribution in [0, 0.1) is 6.92 Å². The highest BCUT2D eigenvalue weighted by Crippen LogP contribution is 2.27. The molecule has 0 bridgehead atoms. The molecule has 1 fully saturated rings. The second-order valence-corrected chi connectivity index (χ2v) is 6.55. The van der Waals surface area contributed by atoms with E-state index in [1.165, 1.54) is 0 Å². The second kappa shape index (κ2) is 5.99. The molecule has 0 radical (unpaired) electrons. The summed E-state index contributed by atoms with van der Waals surface area (Å²) in [5, 5.41) is 0. The first-order valence-corrected chi connectivity index (χ1v) is 8.01. The minimum absolute atomic E-state index is 0.0575. The summed E-state index contributed by atoms with van der Waals surface area (Å²) >= 11 is 0. The van der Waals surface area contributed by atoms with E-state index in [0.717, 1.165) is 42.5 Å². The molecule has 2 N–H and O–H groups in total. The zero-order valence-electron chi connectivity index (χ0n) is 11.1. The fourth-order valence-electron chi connectivity index (χ4n) is 2.43. The van der Waals surface area contributed by atoms with Crippen molar-refractivity contribution in [1.29, 1.82) is 0 Å². The Kier molecular flexibility index (Phi) is 4.59. The van der Waals surface area contributed by atoms with Gasteiger partial charge in [-0.2, -0.15) is 0 Å². The minimum atomic E-state index is -0.657. The summed E-state index contributed by atoms with van der Waals surface area (Å²) in [5.74, 6) is 3.34. The van der Waals surface area contributed by atoms with Gasteiger partial charge in [-0.1, -0.05) is 6.92 Å². The third kappa shape index (κ3) is 3.02. The molecule has 0 aromatic carbocycles. The molecular formula is C13H22N2O2S. The predicted molar refractivity (Wildman–Crippen MR) is 73.9 cm³/mol. The third-order valence-electron chi connectivity index (χ3n) is 3.54. The summed E-state index contributed by atoms with van der Waals surface area (Å²) in [6.07, 6.45) is 0.907. The molecule has 4 nitrogen and oxygen atoms in total. The molecule has 2 atom stereocenters. The predicted octanol–water partition coefficient (Wildman–Crippen LogP) is 1.43. The van der Waals surface area contributed by atoms with Crippen molar-refractivity contribution in [2.75, 3.05) is 24.6 Å². The van der Waals surface area contributed by atoms with Crippen LogP contribution in [0.3, 0.4) is 0 Å². The maximum atomic E-state index is 11.4. The molecule has 2 unspecified atom stereocenters. The molecule has 0 spiro atoms. The summed E-state index contributed by atoms with van der Waals surface area (Å²) in [5.41, 5.74) is 6.25. The standard InChI is InChI=1S/C13H22N2O2S/c1-3-11(14)13(12-5-4-10(2)17-12)15-6-8-18(16)9-7-15/h4-5,11,13H,3,6-9,14H2,1-2H3. The van der Waals surface area contributed by atoms with Gasteiger partial charge in [-0.25, -0.2) is 0 Å². The third-order valence-corrected chi connectivity index (χ3v) is 4.81. The van der Waals surface area contributed by atoms with E-state index in [4.69, 9.17) is 10.2 Å². The Bertz CT molecular complexity index is 409. The highest BCUT2D eigenvalue weighted by Gasteiger charge is 2.30. The van der Waals surface area contributed by atoms with Crippen molar-refractivity contribution in [2.45, 2.75) is 32.4 Å². The van der Waals surface area contributed by atoms with Gasteiger partial charge in [0.05, 0.1) is 6.04 Å². The molecule has 5 heteroatoms. The lowest BCUT2D eigenvalue weighted by Gasteiger charge is -2.36. The molecule has 0 aliphatic carbocycles. The zero-order valence-corrected chi connectivity index (χ0v) is 11.9. The fourth-order valence-corrected chi connectivity index (χ4v) is 3.51. The summed E-state index contributed by atoms with van der Waals surface area (Å²) in [6, 6.07) is 4.16. The van der Waals surface area contributed by atoms with E-state index in [-0.39, 0.29) is 12.1 Å². The second-order valence-electron chi connectivity index (χ2n) is 4.85. The smallest absolute Gasteiger partial charge is 0.122 e. The van der Waals surface area contributed by atoms with E-state index in [0.29, 0.717) is 0 Å². The van der Waals surface area contributed by atoms with Crippen molar-refractivity contribution in [1.82, 2.24) is 4.90 Å². The van der Waals surface area contributed by atoms with Crippen LogP contribution >= 0.6 is 0 Å². The molecule has 18 heavy (non-hydrogen) atoms. The van der Waals surface area contributed by atoms with Crippen molar-refractivity contribution in [3.05, 3.63) is 23.7 Å². The number of nitrogens with zero attached hydrogens (tertiary/aromatic N) is 1. The summed E-state index contributed by atoms with van der Waals surface area (Å²) in [4.78, 5) is 2.31. The SMILES string of the molecule is CCC(N)C(c1ccc(C)o1)N1CCS(=O)CC1. The van der Waals surface area contributed by atoms with E-state index < -0.39 is 10.8 Å². The summed E-state index contributed by atoms with van der Waals surface area (Å²) in [6.45, 7) is 5.72. The molecule has 0 saturated carbocycles. The molecule has 2 rings (SSSR count). The summed E-state index contributed by atoms with van der Waals surface area (Å²) in [7, 11) is -0.657. The van der Waals surface area contributed by atoms with Crippen LogP contribution in [-0.4, -0.2) is 39.7 Å². The van der Waals surface area contributed by atoms with E-state index >= 15 is 0 Å². The van der Waals surface area contributed by atoms with Crippen molar-refractivity contribution < 1.29 is 8.63 Å². The number of aryl methyl sites for hydroxylation is 1. The molecule has 1 saturated heterocycles. The van der Waals surface area contributed by atoms with Gasteiger partial charge in [0.15, 0.2) is 0 Å². The molecule has 2 heterocycles. The van der Waals surface area contributed by atoms with E-state index in [2.05, 4.69) is 11.8 Å². The van der Waals surface area contributed by atoms with Gasteiger partial charge in [0.2, 0.25) is 0 Å². The Labute approximate surface area is 111 Å². The Hall–Kier alpha value is -0.650. The van der Waals surface area contributed by atoms with E-state index in [9.17, 15) is 4.21 Å². The van der Waals surface area contributed by atoms with Crippen LogP contribution in [0.15, 0.2) is 16.5 Å². The maximum Gasteiger partial charge on any atom is 0.122 e. The molecule has 1 aliphatic heterocycles. The van der Waals surface area contributed by atoms with Gasteiger partial charge in [0.25, 0.3) is 0 Å². The van der Waals surface area contributed by atoms with Crippen LogP contribution in [-0.2, 0) is 10.8 Å². The van der Waals surface area contributed by atoms with Gasteiger partial charge in [0, 0.05) is 41.4 Å². The van der Waals surface area contributed by atoms with Gasteiger partial charge in [-0.15, -0.1) is 0 Å². The molecule has 0 amide bonds. The number of nitrogens with two attached hydrogens (primary N) is 1. The minimum Gasteiger partial charge on any atom is -0.465 e. The van der Waals surface area contributed by atoms with Crippen molar-refractivity contribution in [3.8, 4) is 0 Å². The number of hydrogen-bond acceptors (Lipinski definition) is 4. The van der Waals surface area contributed by atoms with Crippen LogP contribution < -0.4 is 5.73 Å². The number of furan rings is 1. The zero-order chi connectivity index (χ0) is 13.1. The van der Waals surface area contributed by atoms with Crippen LogP contribution in [0.4, 0.5) is 0 Å². The van der Waals surface area contributed by atoms with Crippen LogP contribution in [0.1, 0.15) is 30.9 Å². The fraction of sp³-hybridized carbons (Fsp3) is 0.692. The largest absolute Gasteiger partial charge is 0.465 e. The van der Waals surface area contributed by atoms with Crippen molar-refractivity contribution in [3.63, 3.8) is 0 Å². The first kappa shape index (κ1) is 13.8. The van der Waals surface area contributed by atoms with Gasteiger partial charge in [0.1, 0.15) is 11.5 Å². The maximum absolute atomic E-state index is 11.4. The average molecular weight is 270 g/mol. The van der Waals surface area contributed by atoms with Crippen LogP contribution in [0.25, 0.3) is 0 Å². The molecular weight excluding hydrogens is 248 g/mol. The van der Waals surface area contributed by atoms with Crippen LogP contribution in [0.5, 0.6) is 0 Å². The van der Waals surface area contributed by atoms with Gasteiger partial charge in [-0.05, 0) is 25.5 Å². The van der Waals surface area contributed by atoms with E-state index in [1.54, 1.807) is 0 Å². The topological polar surface area (TPSA) is 59.5 Å². The Morgan fingerprint density at radius 2 is 2.11 bits per heavy atom. The normalized spacial score (nSPS) is 21.9. The number of hydrogen-bond donors (Lipinski definition) is 1. The molecule has 1 aromatic heterocycles. The highest BCUT2D eigenvalue weighted by molar-refractivity contribution is 7.85. The van der Waals surface area contributed by atoms with Gasteiger partial charge in [-0.3, -0.25) is 9.11 Å². The van der Waals surface area contributed by atoms with Gasteiger partial charge < -0.3 is 10.2 Å². The lowest BCUT2D eigenvalue weighted by Crippen LogP contribution is -2.46. The quantitative estimate of drug-likeness (QED) is 0.899. The Morgan fingerprint density at radius 3 is 2.61 bits per heavy atom. The monoisotopic (exact) mass is 270 g/mol. The lowest BCUT2D eigenvalue weighted by molar-refractivity contribution is 0.160. The molecule has 1 aliphatic rings. The molecule has 1 aromatic rings. The summed E-state index contributed by atoms with van der Waals surface area (Å²) < 4.78 is 17.2. The highest BCUT2D eigenvalue weighted by atomic mass is 32.2.